The molecule has 0 bridgehead atoms. The number of hydrogen-bond donors (Lipinski definition) is 2. The quantitative estimate of drug-likeness (QED) is 0.849. The zero-order chi connectivity index (χ0) is 18.5. The van der Waals surface area contributed by atoms with Gasteiger partial charge in [0.1, 0.15) is 5.56 Å². The van der Waals surface area contributed by atoms with Gasteiger partial charge in [-0.05, 0) is 23.6 Å². The second kappa shape index (κ2) is 6.01. The fraction of sp³-hybridized carbons (Fsp3) is 0.412. The average molecular weight is 365 g/mol. The van der Waals surface area contributed by atoms with E-state index in [0.29, 0.717) is 13.1 Å². The first-order chi connectivity index (χ1) is 12.3. The number of nitrogens with two attached hydrogens (primary N) is 1. The number of hydrogen-bond acceptors (Lipinski definition) is 5. The Hall–Kier alpha value is -2.55. The highest BCUT2D eigenvalue weighted by atomic mass is 19.4. The van der Waals surface area contributed by atoms with Crippen molar-refractivity contribution in [2.75, 3.05) is 22.9 Å². The molecule has 1 unspecified atom stereocenters. The molecule has 3 heterocycles. The Bertz CT molecular complexity index is 895. The van der Waals surface area contributed by atoms with Crippen molar-refractivity contribution >= 4 is 11.4 Å². The van der Waals surface area contributed by atoms with E-state index in [0.717, 1.165) is 42.5 Å². The second-order valence-electron chi connectivity index (χ2n) is 6.72. The number of aromatic nitrogens is 2. The zero-order valence-electron chi connectivity index (χ0n) is 13.9. The van der Waals surface area contributed by atoms with E-state index in [1.165, 1.54) is 0 Å². The van der Waals surface area contributed by atoms with Gasteiger partial charge in [0, 0.05) is 37.9 Å². The average Bonchev–Trinajstić information content (AvgIpc) is 3.19. The van der Waals surface area contributed by atoms with E-state index < -0.39 is 17.3 Å². The predicted molar refractivity (Wildman–Crippen MR) is 91.0 cm³/mol. The summed E-state index contributed by atoms with van der Waals surface area (Å²) in [6, 6.07) is 5.89. The predicted octanol–water partition coefficient (Wildman–Crippen LogP) is 1.85. The van der Waals surface area contributed by atoms with Crippen LogP contribution in [0.3, 0.4) is 0 Å². The molecule has 3 N–H and O–H groups in total. The maximum atomic E-state index is 13.4. The second-order valence-corrected chi connectivity index (χ2v) is 6.72. The molecule has 0 saturated carbocycles. The van der Waals surface area contributed by atoms with Crippen molar-refractivity contribution in [3.63, 3.8) is 0 Å². The van der Waals surface area contributed by atoms with Gasteiger partial charge in [-0.2, -0.15) is 18.3 Å². The molecule has 0 radical (unpaired) electrons. The number of alkyl halides is 3. The van der Waals surface area contributed by atoms with Gasteiger partial charge in [-0.15, -0.1) is 0 Å². The number of fused-ring (bicyclic) bond motifs is 1. The van der Waals surface area contributed by atoms with Gasteiger partial charge < -0.3 is 15.5 Å². The molecule has 4 rings (SSSR count). The number of halogens is 3. The molecule has 0 spiro atoms. The first kappa shape index (κ1) is 16.9. The van der Waals surface area contributed by atoms with Crippen LogP contribution in [0.2, 0.25) is 0 Å². The molecule has 1 aromatic heterocycles. The molecule has 1 atom stereocenters. The molecule has 2 aliphatic rings. The fourth-order valence-corrected chi connectivity index (χ4v) is 3.78. The minimum atomic E-state index is -4.74. The van der Waals surface area contributed by atoms with Gasteiger partial charge in [0.15, 0.2) is 0 Å². The maximum Gasteiger partial charge on any atom is 0.423 e. The fourth-order valence-electron chi connectivity index (χ4n) is 3.78. The molecule has 1 aromatic carbocycles. The monoisotopic (exact) mass is 365 g/mol. The van der Waals surface area contributed by atoms with Gasteiger partial charge in [0.25, 0.3) is 5.56 Å². The van der Waals surface area contributed by atoms with Crippen LogP contribution in [0.5, 0.6) is 0 Å². The number of benzene rings is 1. The number of anilines is 2. The molecular formula is C17H18F3N5O. The molecule has 1 fully saturated rings. The van der Waals surface area contributed by atoms with E-state index >= 15 is 0 Å². The molecule has 0 aliphatic carbocycles. The summed E-state index contributed by atoms with van der Waals surface area (Å²) in [6.07, 6.45) is -2.78. The summed E-state index contributed by atoms with van der Waals surface area (Å²) >= 11 is 0. The van der Waals surface area contributed by atoms with Crippen LogP contribution in [0.25, 0.3) is 0 Å². The summed E-state index contributed by atoms with van der Waals surface area (Å²) in [4.78, 5) is 15.5. The van der Waals surface area contributed by atoms with Gasteiger partial charge in [-0.1, -0.05) is 12.1 Å². The van der Waals surface area contributed by atoms with Crippen molar-refractivity contribution < 1.29 is 13.2 Å². The standard InChI is InChI=1S/C17H18F3N5O/c18-17(19,20)15-14(6-22-23-16(15)26)25-7-10-2-1-3-13(12(10)9-25)24-5-4-11(21)8-24/h1-3,6,11H,4-5,7-9,21H2,(H,23,26). The Balaban J connectivity index is 1.71. The largest absolute Gasteiger partial charge is 0.423 e. The van der Waals surface area contributed by atoms with E-state index in [9.17, 15) is 18.0 Å². The summed E-state index contributed by atoms with van der Waals surface area (Å²) in [5, 5.41) is 5.45. The number of rotatable bonds is 2. The summed E-state index contributed by atoms with van der Waals surface area (Å²) in [5.41, 5.74) is 6.31. The summed E-state index contributed by atoms with van der Waals surface area (Å²) in [7, 11) is 0. The maximum absolute atomic E-state index is 13.4. The summed E-state index contributed by atoms with van der Waals surface area (Å²) in [5.74, 6) is 0. The minimum Gasteiger partial charge on any atom is -0.370 e. The molecule has 26 heavy (non-hydrogen) atoms. The van der Waals surface area contributed by atoms with Crippen molar-refractivity contribution in [3.05, 3.63) is 51.4 Å². The van der Waals surface area contributed by atoms with E-state index in [1.54, 1.807) is 4.90 Å². The molecule has 0 amide bonds. The molecule has 1 saturated heterocycles. The van der Waals surface area contributed by atoms with Crippen LogP contribution in [-0.2, 0) is 19.3 Å². The van der Waals surface area contributed by atoms with Gasteiger partial charge in [-0.3, -0.25) is 4.79 Å². The lowest BCUT2D eigenvalue weighted by Gasteiger charge is -2.23. The lowest BCUT2D eigenvalue weighted by atomic mass is 10.1. The van der Waals surface area contributed by atoms with Crippen LogP contribution >= 0.6 is 0 Å². The third kappa shape index (κ3) is 2.82. The molecule has 6 nitrogen and oxygen atoms in total. The highest BCUT2D eigenvalue weighted by Crippen LogP contribution is 2.39. The van der Waals surface area contributed by atoms with E-state index in [4.69, 9.17) is 5.73 Å². The normalized spacial score (nSPS) is 19.9. The smallest absolute Gasteiger partial charge is 0.370 e. The van der Waals surface area contributed by atoms with Crippen LogP contribution in [0, 0.1) is 0 Å². The van der Waals surface area contributed by atoms with Crippen molar-refractivity contribution in [2.45, 2.75) is 31.7 Å². The Morgan fingerprint density at radius 3 is 2.69 bits per heavy atom. The third-order valence-electron chi connectivity index (χ3n) is 4.98. The Morgan fingerprint density at radius 2 is 2.00 bits per heavy atom. The number of nitrogens with one attached hydrogen (secondary N) is 1. The first-order valence-electron chi connectivity index (χ1n) is 8.35. The van der Waals surface area contributed by atoms with Crippen LogP contribution in [-0.4, -0.2) is 29.3 Å². The van der Waals surface area contributed by atoms with E-state index in [1.807, 2.05) is 23.3 Å². The van der Waals surface area contributed by atoms with E-state index in [-0.39, 0.29) is 11.7 Å². The Kier molecular flexibility index (Phi) is 3.91. The molecule has 9 heteroatoms. The van der Waals surface area contributed by atoms with Crippen molar-refractivity contribution in [1.29, 1.82) is 0 Å². The van der Waals surface area contributed by atoms with Crippen molar-refractivity contribution in [2.24, 2.45) is 5.73 Å². The number of aromatic amines is 1. The third-order valence-corrected chi connectivity index (χ3v) is 4.98. The first-order valence-corrected chi connectivity index (χ1v) is 8.35. The SMILES string of the molecule is NC1CCN(c2cccc3c2CN(c2cn[nH]c(=O)c2C(F)(F)F)C3)C1. The Morgan fingerprint density at radius 1 is 1.19 bits per heavy atom. The van der Waals surface area contributed by atoms with Gasteiger partial charge in [-0.25, -0.2) is 5.10 Å². The van der Waals surface area contributed by atoms with Crippen LogP contribution in [0.4, 0.5) is 24.5 Å². The van der Waals surface area contributed by atoms with Crippen molar-refractivity contribution in [1.82, 2.24) is 10.2 Å². The van der Waals surface area contributed by atoms with Crippen LogP contribution in [0.1, 0.15) is 23.1 Å². The molecule has 138 valence electrons. The minimum absolute atomic E-state index is 0.108. The Labute approximate surface area is 147 Å². The number of nitrogens with zero attached hydrogens (tertiary/aromatic N) is 3. The van der Waals surface area contributed by atoms with Gasteiger partial charge >= 0.3 is 6.18 Å². The van der Waals surface area contributed by atoms with Crippen LogP contribution in [0.15, 0.2) is 29.2 Å². The molecular weight excluding hydrogens is 347 g/mol. The lowest BCUT2D eigenvalue weighted by Crippen LogP contribution is -2.29. The lowest BCUT2D eigenvalue weighted by molar-refractivity contribution is -0.138. The highest BCUT2D eigenvalue weighted by molar-refractivity contribution is 5.64. The van der Waals surface area contributed by atoms with Crippen molar-refractivity contribution in [3.8, 4) is 0 Å². The molecule has 2 aliphatic heterocycles. The zero-order valence-corrected chi connectivity index (χ0v) is 13.9. The van der Waals surface area contributed by atoms with Gasteiger partial charge in [0.05, 0.1) is 11.9 Å². The summed E-state index contributed by atoms with van der Waals surface area (Å²) < 4.78 is 40.1. The number of H-pyrrole nitrogens is 1. The topological polar surface area (TPSA) is 78.2 Å². The highest BCUT2D eigenvalue weighted by Gasteiger charge is 2.40. The summed E-state index contributed by atoms with van der Waals surface area (Å²) in [6.45, 7) is 2.16. The molecule has 2 aromatic rings. The van der Waals surface area contributed by atoms with E-state index in [2.05, 4.69) is 10.00 Å². The van der Waals surface area contributed by atoms with Gasteiger partial charge in [0.2, 0.25) is 0 Å². The van der Waals surface area contributed by atoms with Crippen LogP contribution < -0.4 is 21.1 Å².